The molecule has 284 valence electrons. The summed E-state index contributed by atoms with van der Waals surface area (Å²) < 4.78 is 41.9. The van der Waals surface area contributed by atoms with E-state index in [1.807, 2.05) is 91.0 Å². The minimum atomic E-state index is -0.557. The third-order valence-electron chi connectivity index (χ3n) is 9.71. The fraction of sp³-hybridized carbons (Fsp3) is 0.362. The summed E-state index contributed by atoms with van der Waals surface area (Å²) in [5.74, 6) is 0. The Kier molecular flexibility index (Phi) is 16.8. The summed E-state index contributed by atoms with van der Waals surface area (Å²) >= 11 is 3.58. The first-order chi connectivity index (χ1) is 26.8. The second-order valence-electron chi connectivity index (χ2n) is 13.7. The van der Waals surface area contributed by atoms with E-state index in [2.05, 4.69) is 76.6 Å². The molecule has 1 aliphatic carbocycles. The molecule has 6 nitrogen and oxygen atoms in total. The van der Waals surface area contributed by atoms with Crippen LogP contribution in [0.2, 0.25) is 0 Å². The quantitative estimate of drug-likeness (QED) is 0.0514. The predicted octanol–water partition coefficient (Wildman–Crippen LogP) is 10.3. The molecule has 0 heterocycles. The van der Waals surface area contributed by atoms with Gasteiger partial charge in [-0.3, -0.25) is 0 Å². The standard InChI is InChI=1S/C47H53BrO6/c48-30-18-1-2-19-31-49-42-43(50-32-37-20-8-3-9-21-37)45(52-34-39-24-12-5-13-25-39)47(54-36-41-28-16-7-17-29-41)46(53-35-40-26-14-6-15-27-40)44(42)51-33-38-22-10-4-11-23-38/h3-17,20-29,42-47H,1-2,18-19,30-36H2/t42-,43-,44-,45+,46-,47-/m1/s1. The van der Waals surface area contributed by atoms with Crippen molar-refractivity contribution in [3.63, 3.8) is 0 Å². The number of rotatable bonds is 22. The molecule has 54 heavy (non-hydrogen) atoms. The van der Waals surface area contributed by atoms with Crippen LogP contribution in [-0.2, 0) is 61.5 Å². The Morgan fingerprint density at radius 1 is 0.296 bits per heavy atom. The van der Waals surface area contributed by atoms with Crippen molar-refractivity contribution in [2.75, 3.05) is 11.9 Å². The van der Waals surface area contributed by atoms with Crippen LogP contribution in [0.15, 0.2) is 152 Å². The van der Waals surface area contributed by atoms with E-state index in [0.29, 0.717) is 39.6 Å². The molecule has 0 bridgehead atoms. The maximum atomic E-state index is 6.98. The van der Waals surface area contributed by atoms with Crippen LogP contribution in [-0.4, -0.2) is 48.6 Å². The zero-order valence-electron chi connectivity index (χ0n) is 31.0. The number of ether oxygens (including phenoxy) is 6. The number of hydrogen-bond donors (Lipinski definition) is 0. The molecule has 0 aromatic heterocycles. The number of hydrogen-bond acceptors (Lipinski definition) is 6. The molecule has 0 amide bonds. The molecule has 6 rings (SSSR count). The van der Waals surface area contributed by atoms with Crippen LogP contribution >= 0.6 is 15.9 Å². The first kappa shape index (κ1) is 40.0. The van der Waals surface area contributed by atoms with E-state index in [-0.39, 0.29) is 0 Å². The molecule has 7 heteroatoms. The van der Waals surface area contributed by atoms with Gasteiger partial charge in [0.1, 0.15) is 36.6 Å². The fourth-order valence-corrected chi connectivity index (χ4v) is 7.26. The molecule has 6 atom stereocenters. The molecule has 5 aromatic carbocycles. The summed E-state index contributed by atoms with van der Waals surface area (Å²) in [5.41, 5.74) is 5.33. The Bertz CT molecular complexity index is 1600. The Balaban J connectivity index is 1.39. The fourth-order valence-electron chi connectivity index (χ4n) is 6.86. The molecule has 0 radical (unpaired) electrons. The molecule has 1 saturated carbocycles. The van der Waals surface area contributed by atoms with Crippen molar-refractivity contribution < 1.29 is 28.4 Å². The van der Waals surface area contributed by atoms with E-state index in [1.165, 1.54) is 0 Å². The third-order valence-corrected chi connectivity index (χ3v) is 10.3. The minimum absolute atomic E-state index is 0.373. The van der Waals surface area contributed by atoms with Crippen molar-refractivity contribution >= 4 is 15.9 Å². The van der Waals surface area contributed by atoms with Crippen LogP contribution in [0.4, 0.5) is 0 Å². The van der Waals surface area contributed by atoms with Gasteiger partial charge in [0.25, 0.3) is 0 Å². The van der Waals surface area contributed by atoms with E-state index < -0.39 is 36.6 Å². The number of halogens is 1. The van der Waals surface area contributed by atoms with Crippen LogP contribution < -0.4 is 0 Å². The highest BCUT2D eigenvalue weighted by Crippen LogP contribution is 2.36. The van der Waals surface area contributed by atoms with Gasteiger partial charge >= 0.3 is 0 Å². The highest BCUT2D eigenvalue weighted by atomic mass is 79.9. The SMILES string of the molecule is BrCCCCCCO[C@@H]1[C@@H](OCc2ccccc2)[C@H](OCc2ccccc2)[C@@H](OCc2ccccc2)[C@H](OCc2ccccc2)[C@@H]1OCc1ccccc1. The van der Waals surface area contributed by atoms with Crippen molar-refractivity contribution in [1.82, 2.24) is 0 Å². The lowest BCUT2D eigenvalue weighted by atomic mass is 9.83. The van der Waals surface area contributed by atoms with Gasteiger partial charge in [0.05, 0.1) is 33.0 Å². The molecular weight excluding hydrogens is 740 g/mol. The van der Waals surface area contributed by atoms with Crippen LogP contribution in [0, 0.1) is 0 Å². The van der Waals surface area contributed by atoms with Gasteiger partial charge in [0, 0.05) is 11.9 Å². The first-order valence-corrected chi connectivity index (χ1v) is 20.4. The second-order valence-corrected chi connectivity index (χ2v) is 14.5. The third kappa shape index (κ3) is 12.4. The average Bonchev–Trinajstić information content (AvgIpc) is 3.23. The van der Waals surface area contributed by atoms with Crippen molar-refractivity contribution in [1.29, 1.82) is 0 Å². The lowest BCUT2D eigenvalue weighted by Crippen LogP contribution is -2.67. The van der Waals surface area contributed by atoms with Crippen molar-refractivity contribution in [3.8, 4) is 0 Å². The van der Waals surface area contributed by atoms with Crippen molar-refractivity contribution in [2.45, 2.75) is 95.3 Å². The highest BCUT2D eigenvalue weighted by molar-refractivity contribution is 9.09. The van der Waals surface area contributed by atoms with Crippen molar-refractivity contribution in [2.24, 2.45) is 0 Å². The van der Waals surface area contributed by atoms with Gasteiger partial charge < -0.3 is 28.4 Å². The van der Waals surface area contributed by atoms with Crippen LogP contribution in [0.3, 0.4) is 0 Å². The summed E-state index contributed by atoms with van der Waals surface area (Å²) in [6.45, 7) is 2.46. The topological polar surface area (TPSA) is 55.4 Å². The molecule has 0 unspecified atom stereocenters. The van der Waals surface area contributed by atoms with Crippen LogP contribution in [0.5, 0.6) is 0 Å². The summed E-state index contributed by atoms with van der Waals surface area (Å²) in [7, 11) is 0. The van der Waals surface area contributed by atoms with E-state index in [1.54, 1.807) is 0 Å². The van der Waals surface area contributed by atoms with E-state index >= 15 is 0 Å². The molecule has 0 saturated heterocycles. The molecular formula is C47H53BrO6. The Labute approximate surface area is 329 Å². The maximum Gasteiger partial charge on any atom is 0.116 e. The summed E-state index contributed by atoms with van der Waals surface area (Å²) in [4.78, 5) is 0. The number of benzene rings is 5. The molecule has 1 aliphatic rings. The van der Waals surface area contributed by atoms with E-state index in [4.69, 9.17) is 28.4 Å². The van der Waals surface area contributed by atoms with Gasteiger partial charge in [0.15, 0.2) is 0 Å². The smallest absolute Gasteiger partial charge is 0.116 e. The summed E-state index contributed by atoms with van der Waals surface area (Å²) in [6, 6.07) is 51.3. The Morgan fingerprint density at radius 2 is 0.537 bits per heavy atom. The van der Waals surface area contributed by atoms with Gasteiger partial charge in [-0.2, -0.15) is 0 Å². The summed E-state index contributed by atoms with van der Waals surface area (Å²) in [6.07, 6.45) is 1.06. The lowest BCUT2D eigenvalue weighted by Gasteiger charge is -2.50. The lowest BCUT2D eigenvalue weighted by molar-refractivity contribution is -0.290. The summed E-state index contributed by atoms with van der Waals surface area (Å²) in [5, 5.41) is 1.01. The Hall–Kier alpha value is -3.66. The Morgan fingerprint density at radius 3 is 0.796 bits per heavy atom. The molecule has 0 spiro atoms. The van der Waals surface area contributed by atoms with Crippen LogP contribution in [0.1, 0.15) is 53.5 Å². The number of unbranched alkanes of at least 4 members (excludes halogenated alkanes) is 3. The zero-order valence-corrected chi connectivity index (χ0v) is 32.6. The zero-order chi connectivity index (χ0) is 37.0. The van der Waals surface area contributed by atoms with Gasteiger partial charge in [-0.1, -0.05) is 180 Å². The van der Waals surface area contributed by atoms with Crippen LogP contribution in [0.25, 0.3) is 0 Å². The molecule has 0 N–H and O–H groups in total. The number of alkyl halides is 1. The normalized spacial score (nSPS) is 21.2. The first-order valence-electron chi connectivity index (χ1n) is 19.2. The monoisotopic (exact) mass is 792 g/mol. The predicted molar refractivity (Wildman–Crippen MR) is 217 cm³/mol. The highest BCUT2D eigenvalue weighted by Gasteiger charge is 2.55. The van der Waals surface area contributed by atoms with Crippen molar-refractivity contribution in [3.05, 3.63) is 179 Å². The molecule has 1 fully saturated rings. The average molecular weight is 794 g/mol. The van der Waals surface area contributed by atoms with E-state index in [0.717, 1.165) is 58.8 Å². The van der Waals surface area contributed by atoms with Gasteiger partial charge in [-0.05, 0) is 40.7 Å². The van der Waals surface area contributed by atoms with Gasteiger partial charge in [-0.15, -0.1) is 0 Å². The second kappa shape index (κ2) is 22.7. The minimum Gasteiger partial charge on any atom is -0.373 e. The van der Waals surface area contributed by atoms with Gasteiger partial charge in [0.2, 0.25) is 0 Å². The van der Waals surface area contributed by atoms with Gasteiger partial charge in [-0.25, -0.2) is 0 Å². The van der Waals surface area contributed by atoms with E-state index in [9.17, 15) is 0 Å². The maximum absolute atomic E-state index is 6.98. The molecule has 5 aromatic rings. The largest absolute Gasteiger partial charge is 0.373 e. The molecule has 0 aliphatic heterocycles.